The van der Waals surface area contributed by atoms with Gasteiger partial charge in [0.1, 0.15) is 0 Å². The summed E-state index contributed by atoms with van der Waals surface area (Å²) in [4.78, 5) is 12.7. The van der Waals surface area contributed by atoms with Gasteiger partial charge in [0.25, 0.3) is 0 Å². The summed E-state index contributed by atoms with van der Waals surface area (Å²) < 4.78 is 0. The van der Waals surface area contributed by atoms with Crippen molar-refractivity contribution < 1.29 is 9.90 Å². The quantitative estimate of drug-likeness (QED) is 0.674. The van der Waals surface area contributed by atoms with Crippen molar-refractivity contribution in [1.29, 1.82) is 0 Å². The molecule has 1 saturated heterocycles. The molecular weight excluding hydrogens is 180 g/mol. The molecule has 1 rings (SSSR count). The van der Waals surface area contributed by atoms with Crippen molar-refractivity contribution in [2.75, 3.05) is 13.1 Å². The summed E-state index contributed by atoms with van der Waals surface area (Å²) in [5.74, 6) is 0. The van der Waals surface area contributed by atoms with Crippen LogP contribution in [-0.4, -0.2) is 40.8 Å². The minimum absolute atomic E-state index is 0.175. The van der Waals surface area contributed by atoms with Gasteiger partial charge in [-0.2, -0.15) is 0 Å². The number of piperidine rings is 1. The lowest BCUT2D eigenvalue weighted by atomic mass is 9.98. The average Bonchev–Trinajstić information content (AvgIpc) is 2.02. The average molecular weight is 200 g/mol. The van der Waals surface area contributed by atoms with Crippen LogP contribution in [-0.2, 0) is 0 Å². The zero-order valence-electron chi connectivity index (χ0n) is 9.21. The predicted octanol–water partition coefficient (Wildman–Crippen LogP) is 1.52. The second kappa shape index (κ2) is 4.17. The highest BCUT2D eigenvalue weighted by Gasteiger charge is 2.33. The van der Waals surface area contributed by atoms with Crippen molar-refractivity contribution in [2.45, 2.75) is 45.2 Å². The largest absolute Gasteiger partial charge is 0.465 e. The van der Waals surface area contributed by atoms with Crippen LogP contribution in [0.15, 0.2) is 0 Å². The highest BCUT2D eigenvalue weighted by molar-refractivity contribution is 5.66. The zero-order valence-corrected chi connectivity index (χ0v) is 9.21. The molecule has 1 aliphatic heterocycles. The van der Waals surface area contributed by atoms with Gasteiger partial charge in [0.15, 0.2) is 0 Å². The Kier molecular flexibility index (Phi) is 3.37. The summed E-state index contributed by atoms with van der Waals surface area (Å²) in [6, 6.07) is 0.175. The molecule has 0 aliphatic carbocycles. The van der Waals surface area contributed by atoms with Gasteiger partial charge in [-0.05, 0) is 46.7 Å². The molecule has 0 aromatic carbocycles. The third kappa shape index (κ3) is 2.61. The molecule has 0 radical (unpaired) electrons. The minimum Gasteiger partial charge on any atom is -0.465 e. The van der Waals surface area contributed by atoms with Crippen LogP contribution < -0.4 is 5.32 Å². The predicted molar refractivity (Wildman–Crippen MR) is 55.5 cm³/mol. The van der Waals surface area contributed by atoms with E-state index >= 15 is 0 Å². The lowest BCUT2D eigenvalue weighted by Gasteiger charge is -2.41. The molecule has 0 unspecified atom stereocenters. The van der Waals surface area contributed by atoms with E-state index in [0.29, 0.717) is 0 Å². The molecule has 4 heteroatoms. The molecular formula is C10H20N2O2. The summed E-state index contributed by atoms with van der Waals surface area (Å²) in [6.07, 6.45) is 1.04. The third-order valence-electron chi connectivity index (χ3n) is 2.60. The standard InChI is InChI=1S/C10H20N2O2/c1-10(2,3)12(9(13)14)8-4-6-11-7-5-8/h8,11H,4-7H2,1-3H3,(H,13,14). The Morgan fingerprint density at radius 3 is 2.21 bits per heavy atom. The van der Waals surface area contributed by atoms with Gasteiger partial charge in [-0.25, -0.2) is 4.79 Å². The molecule has 1 amide bonds. The molecule has 0 bridgehead atoms. The van der Waals surface area contributed by atoms with Gasteiger partial charge in [0, 0.05) is 11.6 Å². The molecule has 0 spiro atoms. The van der Waals surface area contributed by atoms with E-state index in [2.05, 4.69) is 5.32 Å². The van der Waals surface area contributed by atoms with Gasteiger partial charge in [-0.3, -0.25) is 0 Å². The molecule has 0 saturated carbocycles. The van der Waals surface area contributed by atoms with E-state index in [9.17, 15) is 4.79 Å². The van der Waals surface area contributed by atoms with Crippen LogP contribution in [0.25, 0.3) is 0 Å². The van der Waals surface area contributed by atoms with Crippen molar-refractivity contribution in [2.24, 2.45) is 0 Å². The number of rotatable bonds is 1. The first-order valence-corrected chi connectivity index (χ1v) is 5.16. The molecule has 4 nitrogen and oxygen atoms in total. The fourth-order valence-electron chi connectivity index (χ4n) is 2.06. The fourth-order valence-corrected chi connectivity index (χ4v) is 2.06. The number of hydrogen-bond acceptors (Lipinski definition) is 2. The number of amides is 1. The first kappa shape index (κ1) is 11.3. The summed E-state index contributed by atoms with van der Waals surface area (Å²) in [5, 5.41) is 12.4. The van der Waals surface area contributed by atoms with E-state index in [-0.39, 0.29) is 11.6 Å². The third-order valence-corrected chi connectivity index (χ3v) is 2.60. The second-order valence-electron chi connectivity index (χ2n) is 4.80. The van der Waals surface area contributed by atoms with Gasteiger partial charge >= 0.3 is 6.09 Å². The number of nitrogens with zero attached hydrogens (tertiary/aromatic N) is 1. The Hall–Kier alpha value is -0.770. The Bertz CT molecular complexity index is 205. The summed E-state index contributed by atoms with van der Waals surface area (Å²) >= 11 is 0. The maximum Gasteiger partial charge on any atom is 0.407 e. The van der Waals surface area contributed by atoms with E-state index < -0.39 is 6.09 Å². The van der Waals surface area contributed by atoms with Crippen molar-refractivity contribution in [1.82, 2.24) is 10.2 Å². The highest BCUT2D eigenvalue weighted by atomic mass is 16.4. The van der Waals surface area contributed by atoms with Crippen molar-refractivity contribution in [3.8, 4) is 0 Å². The second-order valence-corrected chi connectivity index (χ2v) is 4.80. The lowest BCUT2D eigenvalue weighted by molar-refractivity contribution is 0.0594. The Balaban J connectivity index is 2.71. The van der Waals surface area contributed by atoms with Crippen LogP contribution in [0.4, 0.5) is 4.79 Å². The molecule has 0 atom stereocenters. The van der Waals surface area contributed by atoms with Crippen molar-refractivity contribution in [3.05, 3.63) is 0 Å². The maximum absolute atomic E-state index is 11.2. The number of hydrogen-bond donors (Lipinski definition) is 2. The molecule has 1 aliphatic rings. The van der Waals surface area contributed by atoms with E-state index in [4.69, 9.17) is 5.11 Å². The van der Waals surface area contributed by atoms with E-state index in [1.54, 1.807) is 4.90 Å². The molecule has 0 aromatic rings. The van der Waals surface area contributed by atoms with Gasteiger partial charge in [-0.15, -0.1) is 0 Å². The maximum atomic E-state index is 11.2. The van der Waals surface area contributed by atoms with Crippen LogP contribution in [0.2, 0.25) is 0 Å². The Labute approximate surface area is 85.3 Å². The lowest BCUT2D eigenvalue weighted by Crippen LogP contribution is -2.54. The monoisotopic (exact) mass is 200 g/mol. The smallest absolute Gasteiger partial charge is 0.407 e. The minimum atomic E-state index is -0.801. The molecule has 1 heterocycles. The van der Waals surface area contributed by atoms with Gasteiger partial charge < -0.3 is 15.3 Å². The zero-order chi connectivity index (χ0) is 10.8. The molecule has 82 valence electrons. The summed E-state index contributed by atoms with van der Waals surface area (Å²) in [5.41, 5.74) is -0.298. The first-order chi connectivity index (χ1) is 6.43. The SMILES string of the molecule is CC(C)(C)N(C(=O)O)C1CCNCC1. The Morgan fingerprint density at radius 2 is 1.86 bits per heavy atom. The number of carboxylic acid groups (broad SMARTS) is 1. The molecule has 0 aromatic heterocycles. The Morgan fingerprint density at radius 1 is 1.36 bits per heavy atom. The fraction of sp³-hybridized carbons (Fsp3) is 0.900. The van der Waals surface area contributed by atoms with Crippen molar-refractivity contribution in [3.63, 3.8) is 0 Å². The summed E-state index contributed by atoms with van der Waals surface area (Å²) in [7, 11) is 0. The van der Waals surface area contributed by atoms with Crippen LogP contribution in [0.3, 0.4) is 0 Å². The van der Waals surface area contributed by atoms with E-state index in [0.717, 1.165) is 25.9 Å². The number of carbonyl (C=O) groups is 1. The molecule has 2 N–H and O–H groups in total. The van der Waals surface area contributed by atoms with Crippen LogP contribution >= 0.6 is 0 Å². The molecule has 1 fully saturated rings. The number of nitrogens with one attached hydrogen (secondary N) is 1. The van der Waals surface area contributed by atoms with E-state index in [1.165, 1.54) is 0 Å². The van der Waals surface area contributed by atoms with Crippen LogP contribution in [0, 0.1) is 0 Å². The van der Waals surface area contributed by atoms with Gasteiger partial charge in [-0.1, -0.05) is 0 Å². The first-order valence-electron chi connectivity index (χ1n) is 5.16. The van der Waals surface area contributed by atoms with Gasteiger partial charge in [0.05, 0.1) is 0 Å². The normalized spacial score (nSPS) is 19.4. The topological polar surface area (TPSA) is 52.6 Å². The van der Waals surface area contributed by atoms with Crippen LogP contribution in [0.1, 0.15) is 33.6 Å². The van der Waals surface area contributed by atoms with Gasteiger partial charge in [0.2, 0.25) is 0 Å². The molecule has 14 heavy (non-hydrogen) atoms. The van der Waals surface area contributed by atoms with Crippen molar-refractivity contribution >= 4 is 6.09 Å². The highest BCUT2D eigenvalue weighted by Crippen LogP contribution is 2.22. The van der Waals surface area contributed by atoms with E-state index in [1.807, 2.05) is 20.8 Å². The summed E-state index contributed by atoms with van der Waals surface area (Å²) in [6.45, 7) is 7.69. The van der Waals surface area contributed by atoms with Crippen LogP contribution in [0.5, 0.6) is 0 Å².